The molecule has 0 radical (unpaired) electrons. The lowest BCUT2D eigenvalue weighted by Gasteiger charge is -2.26. The number of nitrogens with one attached hydrogen (secondary N) is 1. The number of benzene rings is 1. The number of nitrogen functional groups attached to an aromatic ring is 1. The number of aromatic nitrogens is 3. The summed E-state index contributed by atoms with van der Waals surface area (Å²) in [5.74, 6) is -1.67. The molecule has 2 aromatic rings. The fourth-order valence-electron chi connectivity index (χ4n) is 3.13. The smallest absolute Gasteiger partial charge is 0.459 e. The van der Waals surface area contributed by atoms with Crippen molar-refractivity contribution in [2.75, 3.05) is 12.3 Å². The van der Waals surface area contributed by atoms with Crippen LogP contribution in [-0.2, 0) is 18.6 Å². The number of aliphatic carboxylic acids is 1. The number of nitrogens with zero attached hydrogens (tertiary/aromatic N) is 3. The molecule has 0 spiro atoms. The predicted octanol–water partition coefficient (Wildman–Crippen LogP) is 0.771. The molecule has 0 bridgehead atoms. The average Bonchev–Trinajstić information content (AvgIpc) is 3.11. The molecule has 1 aliphatic rings. The van der Waals surface area contributed by atoms with Crippen molar-refractivity contribution in [1.82, 2.24) is 19.6 Å². The van der Waals surface area contributed by atoms with Gasteiger partial charge in [-0.2, -0.15) is 10.1 Å². The van der Waals surface area contributed by atoms with E-state index < -0.39 is 56.4 Å². The maximum Gasteiger partial charge on any atom is 0.459 e. The second-order valence-electron chi connectivity index (χ2n) is 7.72. The van der Waals surface area contributed by atoms with Crippen molar-refractivity contribution in [3.05, 3.63) is 47.1 Å². The van der Waals surface area contributed by atoms with Gasteiger partial charge in [-0.25, -0.2) is 14.3 Å². The molecule has 0 saturated carbocycles. The minimum absolute atomic E-state index is 0.0161. The summed E-state index contributed by atoms with van der Waals surface area (Å²) < 4.78 is 31.2. The van der Waals surface area contributed by atoms with Gasteiger partial charge >= 0.3 is 19.4 Å². The molecular formula is C19H26N5O8P. The van der Waals surface area contributed by atoms with Gasteiger partial charge in [0, 0.05) is 6.42 Å². The van der Waals surface area contributed by atoms with Gasteiger partial charge in [-0.3, -0.25) is 13.9 Å². The largest absolute Gasteiger partial charge is 0.480 e. The lowest BCUT2D eigenvalue weighted by Crippen LogP contribution is -2.41. The van der Waals surface area contributed by atoms with Crippen LogP contribution in [0, 0.1) is 5.92 Å². The number of rotatable bonds is 10. The van der Waals surface area contributed by atoms with Crippen LogP contribution in [0.25, 0.3) is 0 Å². The molecule has 14 heteroatoms. The standard InChI is InChI=1S/C19H26N5O8P/c1-11(2)16(17(26)27)23-33(29,32-12-6-4-3-5-7-12)30-9-14-13(25)8-15(31-14)24-10-21-18(20)22-19(24)28/h3-7,10-11,13-16,25H,8-9H2,1-2H3,(H,23,29)(H,26,27)(H2,20,22,28)/t13-,14+,15+,16-,33?/m0/s1. The Bertz CT molecular complexity index is 1070. The van der Waals surface area contributed by atoms with E-state index in [4.69, 9.17) is 19.5 Å². The number of hydrogen-bond acceptors (Lipinski definition) is 10. The maximum atomic E-state index is 13.5. The molecule has 3 rings (SSSR count). The Morgan fingerprint density at radius 3 is 2.70 bits per heavy atom. The highest BCUT2D eigenvalue weighted by atomic mass is 31.2. The summed E-state index contributed by atoms with van der Waals surface area (Å²) in [6, 6.07) is 6.87. The van der Waals surface area contributed by atoms with E-state index in [0.29, 0.717) is 0 Å². The number of anilines is 1. The predicted molar refractivity (Wildman–Crippen MR) is 115 cm³/mol. The third-order valence-corrected chi connectivity index (χ3v) is 6.40. The Kier molecular flexibility index (Phi) is 7.82. The zero-order chi connectivity index (χ0) is 24.2. The molecule has 180 valence electrons. The van der Waals surface area contributed by atoms with Crippen LogP contribution in [-0.4, -0.2) is 55.6 Å². The Morgan fingerprint density at radius 1 is 1.39 bits per heavy atom. The van der Waals surface area contributed by atoms with Crippen LogP contribution >= 0.6 is 7.75 Å². The molecule has 33 heavy (non-hydrogen) atoms. The lowest BCUT2D eigenvalue weighted by molar-refractivity contribution is -0.140. The number of aliphatic hydroxyl groups is 1. The summed E-state index contributed by atoms with van der Waals surface area (Å²) >= 11 is 0. The number of para-hydroxylation sites is 1. The Labute approximate surface area is 189 Å². The Hall–Kier alpha value is -2.83. The van der Waals surface area contributed by atoms with Crippen LogP contribution in [0.15, 0.2) is 41.5 Å². The van der Waals surface area contributed by atoms with Gasteiger partial charge in [0.05, 0.1) is 12.7 Å². The van der Waals surface area contributed by atoms with E-state index in [2.05, 4.69) is 15.1 Å². The topological polar surface area (TPSA) is 188 Å². The first-order valence-corrected chi connectivity index (χ1v) is 11.7. The van der Waals surface area contributed by atoms with Gasteiger partial charge in [-0.1, -0.05) is 32.0 Å². The molecule has 0 aliphatic carbocycles. The van der Waals surface area contributed by atoms with Gasteiger partial charge in [0.25, 0.3) is 0 Å². The number of carboxylic acid groups (broad SMARTS) is 1. The van der Waals surface area contributed by atoms with Gasteiger partial charge in [0.1, 0.15) is 30.5 Å². The van der Waals surface area contributed by atoms with E-state index in [0.717, 1.165) is 10.9 Å². The molecule has 1 fully saturated rings. The van der Waals surface area contributed by atoms with Gasteiger partial charge in [-0.15, -0.1) is 0 Å². The molecule has 5 N–H and O–H groups in total. The Morgan fingerprint density at radius 2 is 2.09 bits per heavy atom. The number of hydrogen-bond donors (Lipinski definition) is 4. The molecule has 5 atom stereocenters. The number of ether oxygens (including phenoxy) is 1. The minimum atomic E-state index is -4.22. The zero-order valence-electron chi connectivity index (χ0n) is 18.0. The molecule has 1 unspecified atom stereocenters. The van der Waals surface area contributed by atoms with Crippen LogP contribution in [0.2, 0.25) is 0 Å². The quantitative estimate of drug-likeness (QED) is 0.348. The molecule has 2 heterocycles. The van der Waals surface area contributed by atoms with Crippen molar-refractivity contribution in [1.29, 1.82) is 0 Å². The summed E-state index contributed by atoms with van der Waals surface area (Å²) in [7, 11) is -4.22. The number of nitrogens with two attached hydrogens (primary N) is 1. The molecule has 13 nitrogen and oxygen atoms in total. The zero-order valence-corrected chi connectivity index (χ0v) is 18.9. The van der Waals surface area contributed by atoms with Gasteiger partial charge in [0.15, 0.2) is 0 Å². The summed E-state index contributed by atoms with van der Waals surface area (Å²) in [4.78, 5) is 30.9. The molecule has 1 aromatic heterocycles. The van der Waals surface area contributed by atoms with E-state index in [1.54, 1.807) is 32.0 Å². The van der Waals surface area contributed by atoms with Crippen molar-refractivity contribution in [2.45, 2.75) is 44.7 Å². The number of carbonyl (C=O) groups is 1. The molecular weight excluding hydrogens is 457 g/mol. The first-order valence-electron chi connectivity index (χ1n) is 10.1. The van der Waals surface area contributed by atoms with Gasteiger partial charge in [0.2, 0.25) is 5.95 Å². The highest BCUT2D eigenvalue weighted by Gasteiger charge is 2.40. The Balaban J connectivity index is 1.75. The molecule has 0 amide bonds. The number of aliphatic hydroxyl groups excluding tert-OH is 1. The maximum absolute atomic E-state index is 13.5. The second kappa shape index (κ2) is 10.4. The van der Waals surface area contributed by atoms with E-state index in [1.807, 2.05) is 0 Å². The highest BCUT2D eigenvalue weighted by molar-refractivity contribution is 7.52. The van der Waals surface area contributed by atoms with E-state index in [-0.39, 0.29) is 18.1 Å². The van der Waals surface area contributed by atoms with Crippen LogP contribution in [0.3, 0.4) is 0 Å². The first kappa shape index (κ1) is 24.8. The van der Waals surface area contributed by atoms with Crippen LogP contribution in [0.5, 0.6) is 5.75 Å². The van der Waals surface area contributed by atoms with Gasteiger partial charge in [-0.05, 0) is 18.1 Å². The lowest BCUT2D eigenvalue weighted by atomic mass is 10.1. The van der Waals surface area contributed by atoms with Crippen molar-refractivity contribution >= 4 is 19.7 Å². The third kappa shape index (κ3) is 6.36. The second-order valence-corrected chi connectivity index (χ2v) is 9.42. The van der Waals surface area contributed by atoms with Crippen LogP contribution < -0.4 is 21.0 Å². The van der Waals surface area contributed by atoms with Crippen molar-refractivity contribution in [3.8, 4) is 5.75 Å². The number of carboxylic acids is 1. The third-order valence-electron chi connectivity index (χ3n) is 4.87. The molecule has 1 aliphatic heterocycles. The molecule has 1 saturated heterocycles. The van der Waals surface area contributed by atoms with Gasteiger partial charge < -0.3 is 25.2 Å². The fourth-order valence-corrected chi connectivity index (χ4v) is 4.80. The fraction of sp³-hybridized carbons (Fsp3) is 0.474. The summed E-state index contributed by atoms with van der Waals surface area (Å²) in [5.41, 5.74) is 4.68. The van der Waals surface area contributed by atoms with Crippen LogP contribution in [0.4, 0.5) is 5.95 Å². The summed E-state index contributed by atoms with van der Waals surface area (Å²) in [5, 5.41) is 22.3. The summed E-state index contributed by atoms with van der Waals surface area (Å²) in [6.45, 7) is 2.86. The van der Waals surface area contributed by atoms with Crippen LogP contribution in [0.1, 0.15) is 26.5 Å². The minimum Gasteiger partial charge on any atom is -0.480 e. The summed E-state index contributed by atoms with van der Waals surface area (Å²) in [6.07, 6.45) is -1.80. The van der Waals surface area contributed by atoms with Crippen molar-refractivity contribution in [3.63, 3.8) is 0 Å². The highest BCUT2D eigenvalue weighted by Crippen LogP contribution is 2.46. The monoisotopic (exact) mass is 483 g/mol. The SMILES string of the molecule is CC(C)[C@H](NP(=O)(OC[C@H]1O[C@@H](n2cnc(N)nc2=O)C[C@@H]1O)Oc1ccccc1)C(=O)O. The van der Waals surface area contributed by atoms with Crippen molar-refractivity contribution in [2.24, 2.45) is 5.92 Å². The van der Waals surface area contributed by atoms with E-state index in [1.165, 1.54) is 12.1 Å². The average molecular weight is 483 g/mol. The van der Waals surface area contributed by atoms with E-state index in [9.17, 15) is 24.4 Å². The van der Waals surface area contributed by atoms with Crippen molar-refractivity contribution < 1.29 is 33.4 Å². The molecule has 1 aromatic carbocycles. The van der Waals surface area contributed by atoms with E-state index >= 15 is 0 Å². The first-order chi connectivity index (χ1) is 15.6. The normalized spacial score (nSPS) is 23.2.